The van der Waals surface area contributed by atoms with E-state index < -0.39 is 0 Å². The molecular formula is C18H14N4OS. The van der Waals surface area contributed by atoms with Crippen molar-refractivity contribution < 1.29 is 4.74 Å². The van der Waals surface area contributed by atoms with Crippen LogP contribution in [-0.2, 0) is 0 Å². The molecule has 5 nitrogen and oxygen atoms in total. The maximum absolute atomic E-state index is 5.25. The Hall–Kier alpha value is -2.99. The van der Waals surface area contributed by atoms with Crippen LogP contribution in [0.5, 0.6) is 5.75 Å². The van der Waals surface area contributed by atoms with Gasteiger partial charge in [-0.2, -0.15) is 0 Å². The van der Waals surface area contributed by atoms with Crippen LogP contribution in [0.1, 0.15) is 0 Å². The van der Waals surface area contributed by atoms with E-state index in [4.69, 9.17) is 4.74 Å². The number of hydrogen-bond donors (Lipinski definition) is 1. The SMILES string of the molecule is COc1cncc(-c2ccc3nc(Nc4ccccn4)sc3c2)c1. The van der Waals surface area contributed by atoms with E-state index in [0.29, 0.717) is 0 Å². The van der Waals surface area contributed by atoms with Crippen molar-refractivity contribution in [2.75, 3.05) is 12.4 Å². The van der Waals surface area contributed by atoms with Crippen LogP contribution in [0.25, 0.3) is 21.3 Å². The van der Waals surface area contributed by atoms with Crippen molar-refractivity contribution in [3.05, 3.63) is 61.1 Å². The van der Waals surface area contributed by atoms with E-state index in [1.54, 1.807) is 30.8 Å². The number of benzene rings is 1. The van der Waals surface area contributed by atoms with Gasteiger partial charge in [-0.3, -0.25) is 4.98 Å². The molecule has 0 aliphatic rings. The highest BCUT2D eigenvalue weighted by Gasteiger charge is 2.07. The summed E-state index contributed by atoms with van der Waals surface area (Å²) >= 11 is 1.60. The van der Waals surface area contributed by atoms with E-state index >= 15 is 0 Å². The monoisotopic (exact) mass is 334 g/mol. The van der Waals surface area contributed by atoms with Crippen molar-refractivity contribution in [1.29, 1.82) is 0 Å². The standard InChI is InChI=1S/C18H14N4OS/c1-23-14-8-13(10-19-11-14)12-5-6-15-16(9-12)24-18(21-15)22-17-4-2-3-7-20-17/h2-11H,1H3,(H,20,21,22). The van der Waals surface area contributed by atoms with Gasteiger partial charge in [0.15, 0.2) is 5.13 Å². The molecule has 24 heavy (non-hydrogen) atoms. The van der Waals surface area contributed by atoms with Gasteiger partial charge in [-0.15, -0.1) is 0 Å². The molecule has 3 aromatic heterocycles. The first-order valence-electron chi connectivity index (χ1n) is 7.40. The number of thiazole rings is 1. The van der Waals surface area contributed by atoms with Crippen molar-refractivity contribution in [3.8, 4) is 16.9 Å². The molecule has 6 heteroatoms. The fourth-order valence-corrected chi connectivity index (χ4v) is 3.30. The van der Waals surface area contributed by atoms with Gasteiger partial charge in [0.25, 0.3) is 0 Å². The Labute approximate surface area is 143 Å². The zero-order chi connectivity index (χ0) is 16.4. The average molecular weight is 334 g/mol. The van der Waals surface area contributed by atoms with Gasteiger partial charge in [0.1, 0.15) is 11.6 Å². The van der Waals surface area contributed by atoms with E-state index in [1.165, 1.54) is 0 Å². The smallest absolute Gasteiger partial charge is 0.189 e. The topological polar surface area (TPSA) is 59.9 Å². The minimum Gasteiger partial charge on any atom is -0.495 e. The fraction of sp³-hybridized carbons (Fsp3) is 0.0556. The van der Waals surface area contributed by atoms with Crippen molar-refractivity contribution in [2.45, 2.75) is 0 Å². The van der Waals surface area contributed by atoms with Gasteiger partial charge >= 0.3 is 0 Å². The third kappa shape index (κ3) is 2.91. The molecule has 118 valence electrons. The quantitative estimate of drug-likeness (QED) is 0.595. The molecule has 0 bridgehead atoms. The number of nitrogens with one attached hydrogen (secondary N) is 1. The molecule has 0 radical (unpaired) electrons. The first-order valence-corrected chi connectivity index (χ1v) is 8.21. The summed E-state index contributed by atoms with van der Waals surface area (Å²) in [5.74, 6) is 1.53. The normalized spacial score (nSPS) is 10.7. The predicted octanol–water partition coefficient (Wildman–Crippen LogP) is 4.51. The molecule has 0 spiro atoms. The van der Waals surface area contributed by atoms with Crippen molar-refractivity contribution in [1.82, 2.24) is 15.0 Å². The molecule has 4 rings (SSSR count). The molecular weight excluding hydrogens is 320 g/mol. The minimum absolute atomic E-state index is 0.745. The predicted molar refractivity (Wildman–Crippen MR) is 96.9 cm³/mol. The van der Waals surface area contributed by atoms with Gasteiger partial charge in [-0.25, -0.2) is 9.97 Å². The zero-order valence-electron chi connectivity index (χ0n) is 12.9. The average Bonchev–Trinajstić information content (AvgIpc) is 3.04. The number of anilines is 2. The first kappa shape index (κ1) is 14.6. The lowest BCUT2D eigenvalue weighted by Crippen LogP contribution is -1.90. The number of hydrogen-bond acceptors (Lipinski definition) is 6. The van der Waals surface area contributed by atoms with Crippen LogP contribution >= 0.6 is 11.3 Å². The third-order valence-corrected chi connectivity index (χ3v) is 4.50. The van der Waals surface area contributed by atoms with Crippen LogP contribution < -0.4 is 10.1 Å². The van der Waals surface area contributed by atoms with Crippen molar-refractivity contribution >= 4 is 32.5 Å². The second-order valence-corrected chi connectivity index (χ2v) is 6.19. The van der Waals surface area contributed by atoms with Gasteiger partial charge in [0.2, 0.25) is 0 Å². The largest absolute Gasteiger partial charge is 0.495 e. The summed E-state index contributed by atoms with van der Waals surface area (Å²) in [6.45, 7) is 0. The Balaban J connectivity index is 1.68. The molecule has 0 saturated carbocycles. The molecule has 1 aromatic carbocycles. The Bertz CT molecular complexity index is 985. The summed E-state index contributed by atoms with van der Waals surface area (Å²) in [6.07, 6.45) is 5.28. The van der Waals surface area contributed by atoms with E-state index in [2.05, 4.69) is 26.3 Å². The molecule has 0 atom stereocenters. The first-order chi connectivity index (χ1) is 11.8. The summed E-state index contributed by atoms with van der Waals surface area (Å²) in [5, 5.41) is 4.06. The summed E-state index contributed by atoms with van der Waals surface area (Å²) < 4.78 is 6.35. The Kier molecular flexibility index (Phi) is 3.80. The van der Waals surface area contributed by atoms with E-state index in [0.717, 1.165) is 38.0 Å². The molecule has 0 fully saturated rings. The van der Waals surface area contributed by atoms with Crippen LogP contribution in [-0.4, -0.2) is 22.1 Å². The van der Waals surface area contributed by atoms with Gasteiger partial charge in [0, 0.05) is 18.0 Å². The fourth-order valence-electron chi connectivity index (χ4n) is 2.39. The molecule has 4 aromatic rings. The molecule has 0 unspecified atom stereocenters. The summed E-state index contributed by atoms with van der Waals surface area (Å²) in [7, 11) is 1.64. The molecule has 0 saturated heterocycles. The van der Waals surface area contributed by atoms with Crippen LogP contribution in [0.2, 0.25) is 0 Å². The third-order valence-electron chi connectivity index (χ3n) is 3.57. The Morgan fingerprint density at radius 3 is 2.83 bits per heavy atom. The Morgan fingerprint density at radius 2 is 2.00 bits per heavy atom. The maximum atomic E-state index is 5.25. The molecule has 1 N–H and O–H groups in total. The van der Waals surface area contributed by atoms with Crippen LogP contribution in [0.15, 0.2) is 61.1 Å². The van der Waals surface area contributed by atoms with Gasteiger partial charge < -0.3 is 10.1 Å². The number of fused-ring (bicyclic) bond motifs is 1. The minimum atomic E-state index is 0.745. The molecule has 0 amide bonds. The number of pyridine rings is 2. The lowest BCUT2D eigenvalue weighted by Gasteiger charge is -2.03. The maximum Gasteiger partial charge on any atom is 0.189 e. The van der Waals surface area contributed by atoms with Crippen LogP contribution in [0.3, 0.4) is 0 Å². The highest BCUT2D eigenvalue weighted by atomic mass is 32.1. The Morgan fingerprint density at radius 1 is 1.04 bits per heavy atom. The zero-order valence-corrected chi connectivity index (χ0v) is 13.7. The van der Waals surface area contributed by atoms with Crippen LogP contribution in [0, 0.1) is 0 Å². The van der Waals surface area contributed by atoms with E-state index in [1.807, 2.05) is 42.6 Å². The number of rotatable bonds is 4. The lowest BCUT2D eigenvalue weighted by molar-refractivity contribution is 0.413. The second kappa shape index (κ2) is 6.25. The number of methoxy groups -OCH3 is 1. The van der Waals surface area contributed by atoms with Crippen molar-refractivity contribution in [2.24, 2.45) is 0 Å². The van der Waals surface area contributed by atoms with E-state index in [9.17, 15) is 0 Å². The highest BCUT2D eigenvalue weighted by molar-refractivity contribution is 7.22. The van der Waals surface area contributed by atoms with Gasteiger partial charge in [-0.1, -0.05) is 23.5 Å². The van der Waals surface area contributed by atoms with Gasteiger partial charge in [0.05, 0.1) is 23.5 Å². The molecule has 0 aliphatic heterocycles. The number of ether oxygens (including phenoxy) is 1. The summed E-state index contributed by atoms with van der Waals surface area (Å²) in [5.41, 5.74) is 3.06. The molecule has 0 aliphatic carbocycles. The van der Waals surface area contributed by atoms with Crippen molar-refractivity contribution in [3.63, 3.8) is 0 Å². The number of aromatic nitrogens is 3. The van der Waals surface area contributed by atoms with Crippen LogP contribution in [0.4, 0.5) is 10.9 Å². The second-order valence-electron chi connectivity index (χ2n) is 5.15. The van der Waals surface area contributed by atoms with E-state index in [-0.39, 0.29) is 0 Å². The highest BCUT2D eigenvalue weighted by Crippen LogP contribution is 2.32. The lowest BCUT2D eigenvalue weighted by atomic mass is 10.1. The van der Waals surface area contributed by atoms with Gasteiger partial charge in [-0.05, 0) is 35.9 Å². The molecule has 3 heterocycles. The summed E-state index contributed by atoms with van der Waals surface area (Å²) in [4.78, 5) is 13.1. The summed E-state index contributed by atoms with van der Waals surface area (Å²) in [6, 6.07) is 13.9. The number of nitrogens with zero attached hydrogens (tertiary/aromatic N) is 3.